The summed E-state index contributed by atoms with van der Waals surface area (Å²) in [4.78, 5) is 50.4. The molecule has 43 heavy (non-hydrogen) atoms. The van der Waals surface area contributed by atoms with E-state index in [-0.39, 0.29) is 18.4 Å². The Hall–Kier alpha value is -3.21. The number of carbonyl (C=O) groups excluding carboxylic acids is 2. The van der Waals surface area contributed by atoms with Gasteiger partial charge in [0.1, 0.15) is 11.7 Å². The van der Waals surface area contributed by atoms with Crippen molar-refractivity contribution < 1.29 is 47.3 Å². The van der Waals surface area contributed by atoms with Crippen LogP contribution in [0.4, 0.5) is 0 Å². The van der Waals surface area contributed by atoms with Gasteiger partial charge in [0.15, 0.2) is 17.5 Å². The maximum absolute atomic E-state index is 13.8. The molecule has 0 spiro atoms. The minimum atomic E-state index is -4.36. The molecule has 0 bridgehead atoms. The summed E-state index contributed by atoms with van der Waals surface area (Å²) in [7, 11) is -4.36. The van der Waals surface area contributed by atoms with Crippen molar-refractivity contribution in [3.8, 4) is 0 Å². The molecule has 2 aromatic rings. The second-order valence-corrected chi connectivity index (χ2v) is 14.8. The molecule has 18 heteroatoms. The third-order valence-corrected chi connectivity index (χ3v) is 8.98. The lowest BCUT2D eigenvalue weighted by Gasteiger charge is -2.62. The third-order valence-electron chi connectivity index (χ3n) is 7.32. The van der Waals surface area contributed by atoms with Crippen LogP contribution in [0.25, 0.3) is 0 Å². The highest BCUT2D eigenvalue weighted by atomic mass is 31.2. The Balaban J connectivity index is 1.33. The number of H-pyrrole nitrogens is 1. The van der Waals surface area contributed by atoms with E-state index in [1.165, 1.54) is 27.7 Å². The number of nitrogens with zero attached hydrogens (tertiary/aromatic N) is 4. The van der Waals surface area contributed by atoms with Gasteiger partial charge in [0.05, 0.1) is 29.5 Å². The summed E-state index contributed by atoms with van der Waals surface area (Å²) >= 11 is 0. The van der Waals surface area contributed by atoms with Gasteiger partial charge in [0.2, 0.25) is 13.6 Å². The summed E-state index contributed by atoms with van der Waals surface area (Å²) in [5.41, 5.74) is -4.30. The fourth-order valence-corrected chi connectivity index (χ4v) is 6.32. The van der Waals surface area contributed by atoms with E-state index in [0.717, 1.165) is 0 Å². The number of nitrogens with one attached hydrogen (secondary N) is 1. The summed E-state index contributed by atoms with van der Waals surface area (Å²) < 4.78 is 49.0. The lowest BCUT2D eigenvalue weighted by Crippen LogP contribution is -2.77. The molecule has 5 rings (SSSR count). The van der Waals surface area contributed by atoms with E-state index in [0.29, 0.717) is 0 Å². The van der Waals surface area contributed by atoms with E-state index in [1.54, 1.807) is 41.5 Å². The van der Waals surface area contributed by atoms with Crippen LogP contribution in [0.3, 0.4) is 0 Å². The van der Waals surface area contributed by atoms with E-state index < -0.39 is 84.8 Å². The molecule has 0 amide bonds. The molecule has 3 unspecified atom stereocenters. The largest absolute Gasteiger partial charge is 0.438 e. The molecule has 3 aliphatic rings. The van der Waals surface area contributed by atoms with Crippen LogP contribution in [0.1, 0.15) is 54.2 Å². The zero-order valence-corrected chi connectivity index (χ0v) is 25.4. The first-order valence-electron chi connectivity index (χ1n) is 13.4. The van der Waals surface area contributed by atoms with Gasteiger partial charge in [0, 0.05) is 18.7 Å². The van der Waals surface area contributed by atoms with Gasteiger partial charge >= 0.3 is 25.2 Å². The zero-order valence-electron chi connectivity index (χ0n) is 24.5. The Morgan fingerprint density at radius 3 is 2.23 bits per heavy atom. The van der Waals surface area contributed by atoms with Crippen LogP contribution in [-0.4, -0.2) is 72.7 Å². The normalized spacial score (nSPS) is 28.0. The van der Waals surface area contributed by atoms with Gasteiger partial charge in [0.25, 0.3) is 5.56 Å². The molecule has 2 aliphatic heterocycles. The van der Waals surface area contributed by atoms with E-state index in [2.05, 4.69) is 15.3 Å². The molecule has 2 saturated heterocycles. The van der Waals surface area contributed by atoms with E-state index in [1.807, 2.05) is 0 Å². The summed E-state index contributed by atoms with van der Waals surface area (Å²) in [5, 5.41) is 18.7. The molecule has 3 fully saturated rings. The number of ether oxygens (including phenoxy) is 4. The Kier molecular flexibility index (Phi) is 7.59. The average molecular weight is 628 g/mol. The van der Waals surface area contributed by atoms with Crippen molar-refractivity contribution in [1.29, 1.82) is 0 Å². The van der Waals surface area contributed by atoms with Gasteiger partial charge in [-0.3, -0.25) is 37.5 Å². The van der Waals surface area contributed by atoms with Gasteiger partial charge in [-0.15, -0.1) is 5.10 Å². The van der Waals surface area contributed by atoms with Gasteiger partial charge in [-0.1, -0.05) is 5.21 Å². The zero-order chi connectivity index (χ0) is 31.6. The van der Waals surface area contributed by atoms with Crippen molar-refractivity contribution in [1.82, 2.24) is 24.5 Å². The van der Waals surface area contributed by atoms with Gasteiger partial charge < -0.3 is 24.1 Å². The van der Waals surface area contributed by atoms with Crippen LogP contribution in [-0.2, 0) is 48.7 Å². The molecule has 236 valence electrons. The fourth-order valence-electron chi connectivity index (χ4n) is 5.18. The number of hydrogen-bond donors (Lipinski definition) is 2. The van der Waals surface area contributed by atoms with Crippen LogP contribution in [0.2, 0.25) is 0 Å². The Morgan fingerprint density at radius 2 is 1.70 bits per heavy atom. The topological polar surface area (TPSA) is 212 Å². The van der Waals surface area contributed by atoms with Crippen LogP contribution in [0.15, 0.2) is 28.0 Å². The first-order valence-corrected chi connectivity index (χ1v) is 15.0. The highest BCUT2D eigenvalue weighted by molar-refractivity contribution is 7.61. The molecule has 4 heterocycles. The molecule has 17 nitrogen and oxygen atoms in total. The van der Waals surface area contributed by atoms with Crippen LogP contribution in [0.5, 0.6) is 0 Å². The summed E-state index contributed by atoms with van der Waals surface area (Å²) in [6, 6.07) is 1.17. The molecule has 2 aromatic heterocycles. The Morgan fingerprint density at radius 1 is 1.09 bits per heavy atom. The van der Waals surface area contributed by atoms with Crippen molar-refractivity contribution in [2.45, 2.75) is 78.2 Å². The molecule has 1 aliphatic carbocycles. The number of aromatic amines is 1. The smallest absolute Gasteiger partial charge is 0.388 e. The first-order chi connectivity index (χ1) is 19.9. The number of esters is 2. The predicted octanol–water partition coefficient (Wildman–Crippen LogP) is 0.148. The van der Waals surface area contributed by atoms with Crippen molar-refractivity contribution in [2.24, 2.45) is 16.7 Å². The lowest BCUT2D eigenvalue weighted by molar-refractivity contribution is -0.433. The van der Waals surface area contributed by atoms with Crippen molar-refractivity contribution in [2.75, 3.05) is 13.6 Å². The number of aromatic nitrogens is 5. The SMILES string of the molecule is CC(C)(C)C(=O)OCOP(=O)(OCOC(=O)C(C)(C)C)c1cn(C[C@]23CC4(O)OC(C42)[C@H](n2ccc(=O)[nH]c2=O)O3)nn1. The quantitative estimate of drug-likeness (QED) is 0.204. The second-order valence-electron chi connectivity index (χ2n) is 12.8. The molecule has 0 radical (unpaired) electrons. The number of rotatable bonds is 10. The highest BCUT2D eigenvalue weighted by Gasteiger charge is 2.81. The highest BCUT2D eigenvalue weighted by Crippen LogP contribution is 2.68. The van der Waals surface area contributed by atoms with Crippen LogP contribution in [0, 0.1) is 16.7 Å². The third kappa shape index (κ3) is 5.72. The fraction of sp³-hybridized carbons (Fsp3) is 0.680. The van der Waals surface area contributed by atoms with Crippen molar-refractivity contribution in [3.05, 3.63) is 39.3 Å². The van der Waals surface area contributed by atoms with Gasteiger partial charge in [-0.05, 0) is 41.5 Å². The van der Waals surface area contributed by atoms with Gasteiger partial charge in [-0.25, -0.2) is 9.48 Å². The van der Waals surface area contributed by atoms with E-state index in [4.69, 9.17) is 28.0 Å². The maximum atomic E-state index is 13.8. The lowest BCUT2D eigenvalue weighted by atomic mass is 9.59. The summed E-state index contributed by atoms with van der Waals surface area (Å²) in [6.07, 6.45) is 0.969. The van der Waals surface area contributed by atoms with Crippen LogP contribution < -0.4 is 16.7 Å². The van der Waals surface area contributed by atoms with E-state index in [9.17, 15) is 28.8 Å². The molecular formula is C25H34N5O12P. The Bertz CT molecular complexity index is 1550. The molecule has 5 atom stereocenters. The predicted molar refractivity (Wildman–Crippen MR) is 142 cm³/mol. The number of aliphatic hydroxyl groups is 1. The summed E-state index contributed by atoms with van der Waals surface area (Å²) in [6.45, 7) is 8.29. The van der Waals surface area contributed by atoms with E-state index >= 15 is 0 Å². The molecule has 2 N–H and O–H groups in total. The monoisotopic (exact) mass is 627 g/mol. The van der Waals surface area contributed by atoms with Crippen LogP contribution >= 0.6 is 7.60 Å². The first kappa shape index (κ1) is 31.2. The average Bonchev–Trinajstić information content (AvgIpc) is 3.38. The molecule has 0 aromatic carbocycles. The second kappa shape index (κ2) is 10.5. The number of carbonyl (C=O) groups is 2. The van der Waals surface area contributed by atoms with Crippen molar-refractivity contribution >= 4 is 25.0 Å². The van der Waals surface area contributed by atoms with Gasteiger partial charge in [-0.2, -0.15) is 0 Å². The minimum Gasteiger partial charge on any atom is -0.438 e. The molecular weight excluding hydrogens is 593 g/mol. The maximum Gasteiger partial charge on any atom is 0.388 e. The molecule has 1 saturated carbocycles. The standard InChI is InChI=1S/C25H34N5O12P/c1-22(2,3)19(32)37-12-39-43(36,40-13-38-20(33)23(4,5)6)15-9-29(28-27-15)11-24-10-25(35)17(24)16(41-25)18(42-24)30-8-7-14(31)26-21(30)34/h7-9,16-18,35H,10-13H2,1-6H3,(H,26,31,34)/t16?,17?,18-,24-,25?/m1/s1. The van der Waals surface area contributed by atoms with Crippen molar-refractivity contribution in [3.63, 3.8) is 0 Å². The Labute approximate surface area is 244 Å². The number of hydrogen-bond acceptors (Lipinski definition) is 14. The summed E-state index contributed by atoms with van der Waals surface area (Å²) in [5.74, 6) is -3.23. The minimum absolute atomic E-state index is 0.000535.